The molecule has 2 heterocycles. The molecule has 4 nitrogen and oxygen atoms in total. The van der Waals surface area contributed by atoms with Crippen LogP contribution in [0.25, 0.3) is 0 Å². The summed E-state index contributed by atoms with van der Waals surface area (Å²) in [4.78, 5) is 2.32. The fourth-order valence-corrected chi connectivity index (χ4v) is 1.66. The van der Waals surface area contributed by atoms with Crippen molar-refractivity contribution in [3.05, 3.63) is 0 Å². The van der Waals surface area contributed by atoms with Gasteiger partial charge in [0.05, 0.1) is 19.3 Å². The van der Waals surface area contributed by atoms with Gasteiger partial charge in [-0.05, 0) is 0 Å². The van der Waals surface area contributed by atoms with Crippen LogP contribution in [0, 0.1) is 0 Å². The standard InChI is InChI=1S/C8H16N2O2/c9-5-7-6-10(2-4-11-7)8-1-3-12-8/h7-8H,1-6,9H2. The summed E-state index contributed by atoms with van der Waals surface area (Å²) in [5.74, 6) is 0. The van der Waals surface area contributed by atoms with Crippen LogP contribution in [0.2, 0.25) is 0 Å². The van der Waals surface area contributed by atoms with E-state index in [4.69, 9.17) is 15.2 Å². The van der Waals surface area contributed by atoms with Gasteiger partial charge >= 0.3 is 0 Å². The minimum Gasteiger partial charge on any atom is -0.374 e. The Kier molecular flexibility index (Phi) is 2.60. The van der Waals surface area contributed by atoms with E-state index in [1.165, 1.54) is 0 Å². The van der Waals surface area contributed by atoms with Gasteiger partial charge in [-0.1, -0.05) is 0 Å². The molecule has 2 saturated heterocycles. The summed E-state index contributed by atoms with van der Waals surface area (Å²) in [6.45, 7) is 4.24. The van der Waals surface area contributed by atoms with Crippen LogP contribution < -0.4 is 5.73 Å². The molecular weight excluding hydrogens is 156 g/mol. The van der Waals surface area contributed by atoms with Gasteiger partial charge in [0.2, 0.25) is 0 Å². The van der Waals surface area contributed by atoms with E-state index in [9.17, 15) is 0 Å². The normalized spacial score (nSPS) is 37.8. The molecule has 0 aromatic rings. The quantitative estimate of drug-likeness (QED) is 0.604. The monoisotopic (exact) mass is 172 g/mol. The van der Waals surface area contributed by atoms with Crippen LogP contribution in [0.1, 0.15) is 6.42 Å². The zero-order valence-electron chi connectivity index (χ0n) is 7.24. The fourth-order valence-electron chi connectivity index (χ4n) is 1.66. The lowest BCUT2D eigenvalue weighted by molar-refractivity contribution is -0.175. The Hall–Kier alpha value is -0.160. The van der Waals surface area contributed by atoms with Gasteiger partial charge < -0.3 is 15.2 Å². The summed E-state index contributed by atoms with van der Waals surface area (Å²) >= 11 is 0. The molecule has 2 N–H and O–H groups in total. The lowest BCUT2D eigenvalue weighted by Crippen LogP contribution is -2.53. The highest BCUT2D eigenvalue weighted by molar-refractivity contribution is 4.77. The van der Waals surface area contributed by atoms with Crippen LogP contribution in [0.5, 0.6) is 0 Å². The Balaban J connectivity index is 1.81. The van der Waals surface area contributed by atoms with Crippen molar-refractivity contribution in [2.24, 2.45) is 5.73 Å². The van der Waals surface area contributed by atoms with Crippen molar-refractivity contribution in [3.8, 4) is 0 Å². The molecule has 2 rings (SSSR count). The number of hydrogen-bond donors (Lipinski definition) is 1. The van der Waals surface area contributed by atoms with Crippen LogP contribution >= 0.6 is 0 Å². The van der Waals surface area contributed by atoms with Crippen molar-refractivity contribution in [2.75, 3.05) is 32.8 Å². The lowest BCUT2D eigenvalue weighted by Gasteiger charge is -2.41. The first-order chi connectivity index (χ1) is 5.90. The minimum atomic E-state index is 0.211. The summed E-state index contributed by atoms with van der Waals surface area (Å²) in [6, 6.07) is 0. The Morgan fingerprint density at radius 3 is 2.75 bits per heavy atom. The first kappa shape index (κ1) is 8.44. The number of hydrogen-bond acceptors (Lipinski definition) is 4. The van der Waals surface area contributed by atoms with Gasteiger partial charge in [0, 0.05) is 26.1 Å². The molecule has 2 aliphatic rings. The van der Waals surface area contributed by atoms with E-state index in [1.807, 2.05) is 0 Å². The topological polar surface area (TPSA) is 47.7 Å². The molecule has 0 aromatic heterocycles. The molecule has 4 heteroatoms. The molecule has 0 radical (unpaired) electrons. The minimum absolute atomic E-state index is 0.211. The van der Waals surface area contributed by atoms with Gasteiger partial charge in [-0.15, -0.1) is 0 Å². The van der Waals surface area contributed by atoms with E-state index in [0.29, 0.717) is 12.8 Å². The smallest absolute Gasteiger partial charge is 0.112 e. The van der Waals surface area contributed by atoms with Gasteiger partial charge in [0.25, 0.3) is 0 Å². The summed E-state index contributed by atoms with van der Waals surface area (Å²) in [6.07, 6.45) is 1.72. The van der Waals surface area contributed by atoms with Crippen molar-refractivity contribution in [3.63, 3.8) is 0 Å². The second kappa shape index (κ2) is 3.70. The molecule has 2 unspecified atom stereocenters. The fraction of sp³-hybridized carbons (Fsp3) is 1.00. The molecule has 0 amide bonds. The van der Waals surface area contributed by atoms with Crippen LogP contribution in [0.15, 0.2) is 0 Å². The number of morpholine rings is 1. The summed E-state index contributed by atoms with van der Waals surface area (Å²) in [5, 5.41) is 0. The van der Waals surface area contributed by atoms with Gasteiger partial charge in [-0.2, -0.15) is 0 Å². The van der Waals surface area contributed by atoms with E-state index in [2.05, 4.69) is 4.90 Å². The molecule has 2 atom stereocenters. The highest BCUT2D eigenvalue weighted by Crippen LogP contribution is 2.18. The average molecular weight is 172 g/mol. The molecule has 0 aliphatic carbocycles. The SMILES string of the molecule is NCC1CN(C2CCO2)CCO1. The Bertz CT molecular complexity index is 150. The summed E-state index contributed by atoms with van der Waals surface area (Å²) in [7, 11) is 0. The Morgan fingerprint density at radius 1 is 1.33 bits per heavy atom. The zero-order chi connectivity index (χ0) is 8.39. The predicted octanol–water partition coefficient (Wildman–Crippen LogP) is -0.608. The van der Waals surface area contributed by atoms with Gasteiger partial charge in [-0.3, -0.25) is 4.90 Å². The Morgan fingerprint density at radius 2 is 2.17 bits per heavy atom. The maximum atomic E-state index is 5.53. The van der Waals surface area contributed by atoms with Gasteiger partial charge in [-0.25, -0.2) is 0 Å². The highest BCUT2D eigenvalue weighted by atomic mass is 16.5. The third-order valence-electron chi connectivity index (χ3n) is 2.52. The van der Waals surface area contributed by atoms with Crippen LogP contribution in [-0.2, 0) is 9.47 Å². The van der Waals surface area contributed by atoms with Crippen molar-refractivity contribution in [2.45, 2.75) is 18.8 Å². The molecule has 2 fully saturated rings. The van der Waals surface area contributed by atoms with Crippen LogP contribution in [0.3, 0.4) is 0 Å². The Labute approximate surface area is 72.6 Å². The highest BCUT2D eigenvalue weighted by Gasteiger charge is 2.30. The van der Waals surface area contributed by atoms with Gasteiger partial charge in [0.1, 0.15) is 6.23 Å². The van der Waals surface area contributed by atoms with E-state index in [-0.39, 0.29) is 6.10 Å². The second-order valence-electron chi connectivity index (χ2n) is 3.34. The van der Waals surface area contributed by atoms with Crippen LogP contribution in [0.4, 0.5) is 0 Å². The second-order valence-corrected chi connectivity index (χ2v) is 3.34. The molecule has 70 valence electrons. The van der Waals surface area contributed by atoms with E-state index in [0.717, 1.165) is 32.7 Å². The lowest BCUT2D eigenvalue weighted by atomic mass is 10.2. The third kappa shape index (κ3) is 1.61. The zero-order valence-corrected chi connectivity index (χ0v) is 7.24. The van der Waals surface area contributed by atoms with Crippen molar-refractivity contribution in [1.29, 1.82) is 0 Å². The van der Waals surface area contributed by atoms with E-state index in [1.54, 1.807) is 0 Å². The predicted molar refractivity (Wildman–Crippen MR) is 44.7 cm³/mol. The number of nitrogens with zero attached hydrogens (tertiary/aromatic N) is 1. The number of rotatable bonds is 2. The summed E-state index contributed by atoms with van der Waals surface area (Å²) in [5.41, 5.74) is 5.53. The van der Waals surface area contributed by atoms with Crippen molar-refractivity contribution in [1.82, 2.24) is 4.90 Å². The van der Waals surface area contributed by atoms with E-state index >= 15 is 0 Å². The maximum Gasteiger partial charge on any atom is 0.112 e. The summed E-state index contributed by atoms with van der Waals surface area (Å²) < 4.78 is 10.8. The molecule has 0 saturated carbocycles. The van der Waals surface area contributed by atoms with Crippen molar-refractivity contribution < 1.29 is 9.47 Å². The molecule has 0 spiro atoms. The average Bonchev–Trinajstić information content (AvgIpc) is 2.02. The third-order valence-corrected chi connectivity index (χ3v) is 2.52. The molecule has 12 heavy (non-hydrogen) atoms. The maximum absolute atomic E-state index is 5.53. The number of nitrogens with two attached hydrogens (primary N) is 1. The van der Waals surface area contributed by atoms with E-state index < -0.39 is 0 Å². The molecular formula is C8H16N2O2. The first-order valence-corrected chi connectivity index (χ1v) is 4.57. The van der Waals surface area contributed by atoms with Crippen molar-refractivity contribution >= 4 is 0 Å². The largest absolute Gasteiger partial charge is 0.374 e. The van der Waals surface area contributed by atoms with Crippen LogP contribution in [-0.4, -0.2) is 50.1 Å². The molecule has 0 bridgehead atoms. The molecule has 0 aromatic carbocycles. The first-order valence-electron chi connectivity index (χ1n) is 4.57. The van der Waals surface area contributed by atoms with Gasteiger partial charge in [0.15, 0.2) is 0 Å². The number of ether oxygens (including phenoxy) is 2. The molecule has 2 aliphatic heterocycles.